The van der Waals surface area contributed by atoms with Gasteiger partial charge in [-0.25, -0.2) is 4.98 Å². The molecule has 1 aromatic rings. The summed E-state index contributed by atoms with van der Waals surface area (Å²) in [4.78, 5) is 4.56. The molecule has 2 N–H and O–H groups in total. The lowest BCUT2D eigenvalue weighted by Crippen LogP contribution is -2.22. The van der Waals surface area contributed by atoms with Crippen LogP contribution in [-0.2, 0) is 6.42 Å². The van der Waals surface area contributed by atoms with Gasteiger partial charge in [-0.2, -0.15) is 0 Å². The average Bonchev–Trinajstić information content (AvgIpc) is 2.52. The zero-order chi connectivity index (χ0) is 9.84. The first-order valence-electron chi connectivity index (χ1n) is 4.85. The van der Waals surface area contributed by atoms with Crippen LogP contribution in [0.25, 0.3) is 0 Å². The monoisotopic (exact) mass is 198 g/mol. The first-order chi connectivity index (χ1) is 6.15. The zero-order valence-electron chi connectivity index (χ0n) is 8.58. The molecule has 0 saturated heterocycles. The molecular weight excluding hydrogens is 180 g/mol. The second-order valence-corrected chi connectivity index (χ2v) is 4.51. The van der Waals surface area contributed by atoms with Crippen LogP contribution in [-0.4, -0.2) is 11.0 Å². The Labute approximate surface area is 84.2 Å². The summed E-state index contributed by atoms with van der Waals surface area (Å²) in [5.74, 6) is 0.377. The third-order valence-corrected chi connectivity index (χ3v) is 3.22. The van der Waals surface area contributed by atoms with Crippen LogP contribution in [0, 0.1) is 0 Å². The molecule has 74 valence electrons. The molecule has 1 heterocycles. The summed E-state index contributed by atoms with van der Waals surface area (Å²) >= 11 is 1.75. The number of nitrogens with zero attached hydrogens (tertiary/aromatic N) is 1. The average molecular weight is 198 g/mol. The maximum Gasteiger partial charge on any atom is 0.0928 e. The van der Waals surface area contributed by atoms with Gasteiger partial charge in [0.15, 0.2) is 0 Å². The molecule has 0 bridgehead atoms. The molecule has 2 unspecified atom stereocenters. The highest BCUT2D eigenvalue weighted by Crippen LogP contribution is 2.21. The second kappa shape index (κ2) is 4.72. The van der Waals surface area contributed by atoms with Gasteiger partial charge in [0, 0.05) is 17.3 Å². The maximum atomic E-state index is 5.82. The molecule has 0 aromatic carbocycles. The highest BCUT2D eigenvalue weighted by atomic mass is 32.1. The van der Waals surface area contributed by atoms with E-state index in [9.17, 15) is 0 Å². The fourth-order valence-corrected chi connectivity index (χ4v) is 2.14. The van der Waals surface area contributed by atoms with Gasteiger partial charge in [0.25, 0.3) is 0 Å². The molecule has 1 aromatic heterocycles. The topological polar surface area (TPSA) is 38.9 Å². The van der Waals surface area contributed by atoms with Crippen molar-refractivity contribution in [2.75, 3.05) is 0 Å². The molecule has 0 spiro atoms. The van der Waals surface area contributed by atoms with Crippen LogP contribution in [0.1, 0.15) is 43.8 Å². The van der Waals surface area contributed by atoms with Gasteiger partial charge >= 0.3 is 0 Å². The molecule has 0 aliphatic carbocycles. The van der Waals surface area contributed by atoms with Gasteiger partial charge in [0.2, 0.25) is 0 Å². The summed E-state index contributed by atoms with van der Waals surface area (Å²) < 4.78 is 0. The van der Waals surface area contributed by atoms with Gasteiger partial charge in [0.1, 0.15) is 0 Å². The Morgan fingerprint density at radius 1 is 1.54 bits per heavy atom. The molecule has 2 atom stereocenters. The van der Waals surface area contributed by atoms with Crippen LogP contribution < -0.4 is 5.73 Å². The molecule has 2 nitrogen and oxygen atoms in total. The summed E-state index contributed by atoms with van der Waals surface area (Å²) in [6.07, 6.45) is 2.26. The summed E-state index contributed by atoms with van der Waals surface area (Å²) in [7, 11) is 0. The Hall–Kier alpha value is -0.410. The van der Waals surface area contributed by atoms with E-state index in [4.69, 9.17) is 5.73 Å². The number of hydrogen-bond donors (Lipinski definition) is 1. The van der Waals surface area contributed by atoms with Crippen molar-refractivity contribution in [1.29, 1.82) is 0 Å². The lowest BCUT2D eigenvalue weighted by atomic mass is 10.0. The van der Waals surface area contributed by atoms with Gasteiger partial charge in [-0.3, -0.25) is 0 Å². The van der Waals surface area contributed by atoms with Crippen LogP contribution >= 0.6 is 11.3 Å². The van der Waals surface area contributed by atoms with E-state index >= 15 is 0 Å². The SMILES string of the molecule is CCCc1nc(C(C)C(C)N)cs1. The highest BCUT2D eigenvalue weighted by Gasteiger charge is 2.13. The minimum Gasteiger partial charge on any atom is -0.327 e. The number of aromatic nitrogens is 1. The highest BCUT2D eigenvalue weighted by molar-refractivity contribution is 7.09. The maximum absolute atomic E-state index is 5.82. The Kier molecular flexibility index (Phi) is 3.88. The van der Waals surface area contributed by atoms with E-state index in [1.165, 1.54) is 11.4 Å². The van der Waals surface area contributed by atoms with Crippen molar-refractivity contribution in [2.45, 2.75) is 45.6 Å². The van der Waals surface area contributed by atoms with E-state index in [1.807, 2.05) is 6.92 Å². The first-order valence-corrected chi connectivity index (χ1v) is 5.73. The molecule has 1 rings (SSSR count). The molecule has 0 radical (unpaired) electrons. The van der Waals surface area contributed by atoms with Gasteiger partial charge in [-0.15, -0.1) is 11.3 Å². The minimum absolute atomic E-state index is 0.191. The van der Waals surface area contributed by atoms with Crippen molar-refractivity contribution in [3.05, 3.63) is 16.1 Å². The van der Waals surface area contributed by atoms with Gasteiger partial charge in [0.05, 0.1) is 10.7 Å². The van der Waals surface area contributed by atoms with E-state index in [0.29, 0.717) is 5.92 Å². The third kappa shape index (κ3) is 2.78. The third-order valence-electron chi connectivity index (χ3n) is 2.29. The quantitative estimate of drug-likeness (QED) is 0.807. The first kappa shape index (κ1) is 10.7. The van der Waals surface area contributed by atoms with Crippen molar-refractivity contribution in [3.63, 3.8) is 0 Å². The molecule has 13 heavy (non-hydrogen) atoms. The Morgan fingerprint density at radius 3 is 2.77 bits per heavy atom. The van der Waals surface area contributed by atoms with Crippen molar-refractivity contribution in [3.8, 4) is 0 Å². The van der Waals surface area contributed by atoms with E-state index < -0.39 is 0 Å². The summed E-state index contributed by atoms with van der Waals surface area (Å²) in [5, 5.41) is 3.38. The van der Waals surface area contributed by atoms with Crippen molar-refractivity contribution < 1.29 is 0 Å². The molecule has 0 saturated carbocycles. The molecule has 0 aliphatic heterocycles. The molecule has 0 aliphatic rings. The Morgan fingerprint density at radius 2 is 2.23 bits per heavy atom. The number of hydrogen-bond acceptors (Lipinski definition) is 3. The predicted octanol–water partition coefficient (Wildman–Crippen LogP) is 2.55. The fourth-order valence-electron chi connectivity index (χ4n) is 1.13. The van der Waals surface area contributed by atoms with Crippen molar-refractivity contribution >= 4 is 11.3 Å². The minimum atomic E-state index is 0.191. The van der Waals surface area contributed by atoms with Crippen molar-refractivity contribution in [2.24, 2.45) is 5.73 Å². The lowest BCUT2D eigenvalue weighted by Gasteiger charge is -2.11. The summed E-state index contributed by atoms with van der Waals surface area (Å²) in [6, 6.07) is 0.191. The Bertz CT molecular complexity index is 255. The van der Waals surface area contributed by atoms with E-state index in [-0.39, 0.29) is 6.04 Å². The molecule has 3 heteroatoms. The van der Waals surface area contributed by atoms with Crippen LogP contribution in [0.15, 0.2) is 5.38 Å². The van der Waals surface area contributed by atoms with Crippen LogP contribution in [0.5, 0.6) is 0 Å². The number of rotatable bonds is 4. The Balaban J connectivity index is 2.67. The van der Waals surface area contributed by atoms with Crippen LogP contribution in [0.2, 0.25) is 0 Å². The summed E-state index contributed by atoms with van der Waals surface area (Å²) in [5.41, 5.74) is 6.97. The largest absolute Gasteiger partial charge is 0.327 e. The smallest absolute Gasteiger partial charge is 0.0928 e. The van der Waals surface area contributed by atoms with Gasteiger partial charge in [-0.1, -0.05) is 13.8 Å². The number of thiazole rings is 1. The molecule has 0 amide bonds. The predicted molar refractivity (Wildman–Crippen MR) is 58.2 cm³/mol. The van der Waals surface area contributed by atoms with E-state index in [1.54, 1.807) is 11.3 Å². The normalized spacial score (nSPS) is 15.7. The molecule has 0 fully saturated rings. The standard InChI is InChI=1S/C10H18N2S/c1-4-5-10-12-9(6-13-10)7(2)8(3)11/h6-8H,4-5,11H2,1-3H3. The van der Waals surface area contributed by atoms with E-state index in [0.717, 1.165) is 12.1 Å². The number of aryl methyl sites for hydroxylation is 1. The van der Waals surface area contributed by atoms with Crippen LogP contribution in [0.4, 0.5) is 0 Å². The molecular formula is C10H18N2S. The summed E-state index contributed by atoms with van der Waals surface area (Å²) in [6.45, 7) is 6.34. The fraction of sp³-hybridized carbons (Fsp3) is 0.700. The van der Waals surface area contributed by atoms with Crippen molar-refractivity contribution in [1.82, 2.24) is 4.98 Å². The van der Waals surface area contributed by atoms with Crippen LogP contribution in [0.3, 0.4) is 0 Å². The van der Waals surface area contributed by atoms with E-state index in [2.05, 4.69) is 24.2 Å². The van der Waals surface area contributed by atoms with Gasteiger partial charge < -0.3 is 5.73 Å². The lowest BCUT2D eigenvalue weighted by molar-refractivity contribution is 0.599. The zero-order valence-corrected chi connectivity index (χ0v) is 9.40. The van der Waals surface area contributed by atoms with Gasteiger partial charge in [-0.05, 0) is 19.8 Å². The second-order valence-electron chi connectivity index (χ2n) is 3.56. The number of nitrogens with two attached hydrogens (primary N) is 1.